The third-order valence-electron chi connectivity index (χ3n) is 4.71. The van der Waals surface area contributed by atoms with Crippen molar-refractivity contribution in [1.82, 2.24) is 5.01 Å². The Labute approximate surface area is 106 Å². The molecule has 0 saturated heterocycles. The number of hydrogen-bond donors (Lipinski definition) is 0. The van der Waals surface area contributed by atoms with Crippen LogP contribution < -0.4 is 0 Å². The van der Waals surface area contributed by atoms with Crippen LogP contribution in [0.5, 0.6) is 0 Å². The SMILES string of the molecule is O=C(N1N=CCC1c1ccccc1)C12CC(C1)C2. The largest absolute Gasteiger partial charge is 0.272 e. The van der Waals surface area contributed by atoms with Crippen LogP contribution in [0, 0.1) is 11.3 Å². The lowest BCUT2D eigenvalue weighted by atomic mass is 9.44. The summed E-state index contributed by atoms with van der Waals surface area (Å²) in [5.74, 6) is 1.09. The lowest BCUT2D eigenvalue weighted by molar-refractivity contribution is -0.178. The average Bonchev–Trinajstić information content (AvgIpc) is 2.74. The fraction of sp³-hybridized carbons (Fsp3) is 0.467. The summed E-state index contributed by atoms with van der Waals surface area (Å²) in [6.07, 6.45) is 6.01. The minimum atomic E-state index is -0.0284. The summed E-state index contributed by atoms with van der Waals surface area (Å²) in [6, 6.07) is 10.3. The first-order valence-electron chi connectivity index (χ1n) is 6.70. The minimum Gasteiger partial charge on any atom is -0.272 e. The Morgan fingerprint density at radius 1 is 1.22 bits per heavy atom. The maximum absolute atomic E-state index is 12.6. The summed E-state index contributed by atoms with van der Waals surface area (Å²) in [5, 5.41) is 6.07. The second kappa shape index (κ2) is 3.44. The van der Waals surface area contributed by atoms with Gasteiger partial charge >= 0.3 is 0 Å². The van der Waals surface area contributed by atoms with E-state index in [2.05, 4.69) is 17.2 Å². The first kappa shape index (κ1) is 10.3. The van der Waals surface area contributed by atoms with Gasteiger partial charge < -0.3 is 0 Å². The third-order valence-corrected chi connectivity index (χ3v) is 4.71. The van der Waals surface area contributed by atoms with E-state index >= 15 is 0 Å². The van der Waals surface area contributed by atoms with E-state index < -0.39 is 0 Å². The number of nitrogens with zero attached hydrogens (tertiary/aromatic N) is 2. The van der Waals surface area contributed by atoms with Gasteiger partial charge in [0.15, 0.2) is 0 Å². The molecule has 3 fully saturated rings. The lowest BCUT2D eigenvalue weighted by Gasteiger charge is -2.60. The molecule has 92 valence electrons. The van der Waals surface area contributed by atoms with Gasteiger partial charge in [-0.2, -0.15) is 5.10 Å². The number of carbonyl (C=O) groups is 1. The molecule has 1 atom stereocenters. The van der Waals surface area contributed by atoms with Crippen LogP contribution in [0.4, 0.5) is 0 Å². The molecule has 0 aromatic heterocycles. The Kier molecular flexibility index (Phi) is 1.97. The van der Waals surface area contributed by atoms with E-state index in [1.165, 1.54) is 5.56 Å². The smallest absolute Gasteiger partial charge is 0.249 e. The maximum Gasteiger partial charge on any atom is 0.249 e. The number of rotatable bonds is 2. The van der Waals surface area contributed by atoms with Crippen LogP contribution in [0.2, 0.25) is 0 Å². The standard InChI is InChI=1S/C15H16N2O/c18-14(15-8-11(9-15)10-15)17-13(6-7-16-17)12-4-2-1-3-5-12/h1-5,7,11,13H,6,8-10H2. The Morgan fingerprint density at radius 3 is 2.56 bits per heavy atom. The lowest BCUT2D eigenvalue weighted by Crippen LogP contribution is -2.60. The molecule has 0 N–H and O–H groups in total. The van der Waals surface area contributed by atoms with Crippen molar-refractivity contribution in [3.63, 3.8) is 0 Å². The molecule has 1 unspecified atom stereocenters. The van der Waals surface area contributed by atoms with Gasteiger partial charge in [0.1, 0.15) is 0 Å². The van der Waals surface area contributed by atoms with Crippen LogP contribution in [0.15, 0.2) is 35.4 Å². The van der Waals surface area contributed by atoms with Gasteiger partial charge in [0, 0.05) is 12.6 Å². The van der Waals surface area contributed by atoms with Gasteiger partial charge in [-0.05, 0) is 30.7 Å². The van der Waals surface area contributed by atoms with E-state index in [0.717, 1.165) is 31.6 Å². The van der Waals surface area contributed by atoms with Gasteiger partial charge in [-0.15, -0.1) is 0 Å². The molecule has 1 heterocycles. The van der Waals surface area contributed by atoms with E-state index in [9.17, 15) is 4.79 Å². The van der Waals surface area contributed by atoms with Crippen molar-refractivity contribution in [1.29, 1.82) is 0 Å². The Hall–Kier alpha value is -1.64. The van der Waals surface area contributed by atoms with E-state index in [1.807, 2.05) is 24.4 Å². The van der Waals surface area contributed by atoms with Crippen LogP contribution in [0.3, 0.4) is 0 Å². The zero-order valence-corrected chi connectivity index (χ0v) is 10.2. The van der Waals surface area contributed by atoms with Crippen molar-refractivity contribution < 1.29 is 4.79 Å². The molecule has 0 radical (unpaired) electrons. The van der Waals surface area contributed by atoms with E-state index in [-0.39, 0.29) is 17.4 Å². The van der Waals surface area contributed by atoms with Crippen molar-refractivity contribution in [2.45, 2.75) is 31.7 Å². The molecule has 3 saturated carbocycles. The molecule has 0 spiro atoms. The Morgan fingerprint density at radius 2 is 1.94 bits per heavy atom. The number of hydrazone groups is 1. The van der Waals surface area contributed by atoms with Gasteiger partial charge in [-0.3, -0.25) is 4.79 Å². The molecule has 1 aliphatic heterocycles. The van der Waals surface area contributed by atoms with Crippen LogP contribution in [-0.2, 0) is 4.79 Å². The molecular formula is C15H16N2O. The summed E-state index contributed by atoms with van der Waals surface area (Å²) >= 11 is 0. The van der Waals surface area contributed by atoms with Gasteiger partial charge in [0.2, 0.25) is 5.91 Å². The zero-order valence-electron chi connectivity index (χ0n) is 10.2. The molecule has 3 nitrogen and oxygen atoms in total. The highest BCUT2D eigenvalue weighted by molar-refractivity contribution is 5.87. The number of benzene rings is 1. The normalized spacial score (nSPS) is 36.1. The predicted molar refractivity (Wildman–Crippen MR) is 68.9 cm³/mol. The summed E-state index contributed by atoms with van der Waals surface area (Å²) in [6.45, 7) is 0. The predicted octanol–water partition coefficient (Wildman–Crippen LogP) is 2.75. The van der Waals surface area contributed by atoms with Gasteiger partial charge in [-0.1, -0.05) is 30.3 Å². The van der Waals surface area contributed by atoms with Crippen molar-refractivity contribution in [2.24, 2.45) is 16.4 Å². The van der Waals surface area contributed by atoms with E-state index in [1.54, 1.807) is 5.01 Å². The highest BCUT2D eigenvalue weighted by atomic mass is 16.2. The first-order valence-corrected chi connectivity index (χ1v) is 6.70. The Balaban J connectivity index is 1.60. The van der Waals surface area contributed by atoms with Crippen LogP contribution in [0.25, 0.3) is 0 Å². The summed E-state index contributed by atoms with van der Waals surface area (Å²) in [4.78, 5) is 12.6. The first-order chi connectivity index (χ1) is 8.78. The van der Waals surface area contributed by atoms with E-state index in [0.29, 0.717) is 0 Å². The molecule has 4 aliphatic rings. The molecule has 5 rings (SSSR count). The number of carbonyl (C=O) groups excluding carboxylic acids is 1. The van der Waals surface area contributed by atoms with Crippen molar-refractivity contribution >= 4 is 12.1 Å². The van der Waals surface area contributed by atoms with E-state index in [4.69, 9.17) is 0 Å². The number of amides is 1. The molecule has 2 bridgehead atoms. The fourth-order valence-corrected chi connectivity index (χ4v) is 3.55. The van der Waals surface area contributed by atoms with Gasteiger partial charge in [0.05, 0.1) is 11.5 Å². The Bertz CT molecular complexity index is 506. The summed E-state index contributed by atoms with van der Waals surface area (Å²) < 4.78 is 0. The van der Waals surface area contributed by atoms with Crippen molar-refractivity contribution in [2.75, 3.05) is 0 Å². The monoisotopic (exact) mass is 240 g/mol. The quantitative estimate of drug-likeness (QED) is 0.782. The maximum atomic E-state index is 12.6. The molecule has 1 aromatic rings. The minimum absolute atomic E-state index is 0.0284. The molecule has 1 aromatic carbocycles. The zero-order chi connectivity index (χ0) is 12.2. The highest BCUT2D eigenvalue weighted by Gasteiger charge is 2.63. The van der Waals surface area contributed by atoms with Crippen molar-refractivity contribution in [3.8, 4) is 0 Å². The molecule has 3 heteroatoms. The second-order valence-electron chi connectivity index (χ2n) is 5.87. The summed E-state index contributed by atoms with van der Waals surface area (Å²) in [5.41, 5.74) is 1.16. The third kappa shape index (κ3) is 1.25. The van der Waals surface area contributed by atoms with Gasteiger partial charge in [-0.25, -0.2) is 5.01 Å². The molecular weight excluding hydrogens is 224 g/mol. The fourth-order valence-electron chi connectivity index (χ4n) is 3.55. The average molecular weight is 240 g/mol. The summed E-state index contributed by atoms with van der Waals surface area (Å²) in [7, 11) is 0. The van der Waals surface area contributed by atoms with Crippen LogP contribution >= 0.6 is 0 Å². The number of hydrogen-bond acceptors (Lipinski definition) is 2. The highest BCUT2D eigenvalue weighted by Crippen LogP contribution is 2.65. The molecule has 18 heavy (non-hydrogen) atoms. The second-order valence-corrected chi connectivity index (χ2v) is 5.87. The van der Waals surface area contributed by atoms with Crippen molar-refractivity contribution in [3.05, 3.63) is 35.9 Å². The molecule has 1 amide bonds. The van der Waals surface area contributed by atoms with Gasteiger partial charge in [0.25, 0.3) is 0 Å². The molecule has 3 aliphatic carbocycles. The van der Waals surface area contributed by atoms with Crippen LogP contribution in [-0.4, -0.2) is 17.1 Å². The van der Waals surface area contributed by atoms with Crippen LogP contribution in [0.1, 0.15) is 37.3 Å². The topological polar surface area (TPSA) is 32.7 Å².